The number of anilines is 1. The molecule has 2 aromatic rings. The van der Waals surface area contributed by atoms with Crippen molar-refractivity contribution in [1.29, 1.82) is 0 Å². The first-order chi connectivity index (χ1) is 16.5. The van der Waals surface area contributed by atoms with Gasteiger partial charge in [-0.15, -0.1) is 0 Å². The van der Waals surface area contributed by atoms with E-state index in [1.54, 1.807) is 6.20 Å². The Morgan fingerprint density at radius 1 is 1.12 bits per heavy atom. The van der Waals surface area contributed by atoms with E-state index in [2.05, 4.69) is 26.2 Å². The van der Waals surface area contributed by atoms with Crippen LogP contribution < -0.4 is 15.0 Å². The Labute approximate surface area is 211 Å². The average Bonchev–Trinajstić information content (AvgIpc) is 3.26. The Balaban J connectivity index is 1.22. The van der Waals surface area contributed by atoms with Gasteiger partial charge in [0, 0.05) is 31.9 Å². The van der Waals surface area contributed by atoms with Crippen LogP contribution in [0.4, 0.5) is 5.82 Å². The van der Waals surface area contributed by atoms with E-state index in [1.165, 1.54) is 12.8 Å². The lowest BCUT2D eigenvalue weighted by molar-refractivity contribution is -0.125. The molecule has 1 aromatic heterocycles. The molecule has 0 bridgehead atoms. The lowest BCUT2D eigenvalue weighted by atomic mass is 10.0. The number of pyridine rings is 1. The van der Waals surface area contributed by atoms with Crippen molar-refractivity contribution in [3.8, 4) is 5.75 Å². The molecule has 0 radical (unpaired) electrons. The molecule has 1 aliphatic carbocycles. The molecule has 1 aromatic carbocycles. The number of ether oxygens (including phenoxy) is 1. The number of aromatic nitrogens is 1. The normalized spacial score (nSPS) is 21.6. The number of amides is 1. The Morgan fingerprint density at radius 2 is 1.94 bits per heavy atom. The first kappa shape index (κ1) is 23.7. The minimum Gasteiger partial charge on any atom is -0.489 e. The van der Waals surface area contributed by atoms with E-state index in [-0.39, 0.29) is 17.9 Å². The van der Waals surface area contributed by atoms with Crippen molar-refractivity contribution in [3.63, 3.8) is 0 Å². The van der Waals surface area contributed by atoms with E-state index in [9.17, 15) is 4.79 Å². The molecule has 1 unspecified atom stereocenters. The molecule has 1 N–H and O–H groups in total. The van der Waals surface area contributed by atoms with Crippen LogP contribution in [0.1, 0.15) is 37.7 Å². The summed E-state index contributed by atoms with van der Waals surface area (Å²) in [6.07, 6.45) is 8.22. The summed E-state index contributed by atoms with van der Waals surface area (Å²) in [4.78, 5) is 22.3. The highest BCUT2D eigenvalue weighted by molar-refractivity contribution is 6.32. The van der Waals surface area contributed by atoms with Gasteiger partial charge in [-0.2, -0.15) is 0 Å². The number of likely N-dealkylation sites (tertiary alicyclic amines) is 1. The predicted molar refractivity (Wildman–Crippen MR) is 136 cm³/mol. The van der Waals surface area contributed by atoms with E-state index >= 15 is 0 Å². The summed E-state index contributed by atoms with van der Waals surface area (Å²) in [7, 11) is 0. The van der Waals surface area contributed by atoms with Gasteiger partial charge in [0.2, 0.25) is 5.91 Å². The van der Waals surface area contributed by atoms with E-state index in [0.29, 0.717) is 22.7 Å². The fourth-order valence-corrected chi connectivity index (χ4v) is 5.27. The Bertz CT molecular complexity index is 993. The maximum Gasteiger partial charge on any atom is 0.225 e. The zero-order valence-electron chi connectivity index (χ0n) is 19.4. The molecule has 3 heterocycles. The van der Waals surface area contributed by atoms with Crippen LogP contribution in [-0.4, -0.2) is 60.7 Å². The Kier molecular flexibility index (Phi) is 7.47. The summed E-state index contributed by atoms with van der Waals surface area (Å²) in [6, 6.07) is 9.84. The van der Waals surface area contributed by atoms with Crippen LogP contribution in [0.25, 0.3) is 0 Å². The first-order valence-corrected chi connectivity index (χ1v) is 13.1. The van der Waals surface area contributed by atoms with Crippen LogP contribution in [0.2, 0.25) is 10.0 Å². The third-order valence-corrected chi connectivity index (χ3v) is 7.43. The molecule has 0 spiro atoms. The molecule has 1 saturated carbocycles. The van der Waals surface area contributed by atoms with E-state index < -0.39 is 0 Å². The zero-order valence-corrected chi connectivity index (χ0v) is 20.9. The van der Waals surface area contributed by atoms with Crippen molar-refractivity contribution in [2.75, 3.05) is 37.6 Å². The topological polar surface area (TPSA) is 57.7 Å². The van der Waals surface area contributed by atoms with Gasteiger partial charge in [0.25, 0.3) is 0 Å². The zero-order chi connectivity index (χ0) is 23.5. The highest BCUT2D eigenvalue weighted by Crippen LogP contribution is 2.32. The molecule has 6 nitrogen and oxygen atoms in total. The number of halogens is 2. The van der Waals surface area contributed by atoms with Gasteiger partial charge >= 0.3 is 0 Å². The van der Waals surface area contributed by atoms with Gasteiger partial charge < -0.3 is 19.9 Å². The molecule has 2 saturated heterocycles. The third-order valence-electron chi connectivity index (χ3n) is 6.91. The van der Waals surface area contributed by atoms with E-state index in [4.69, 9.17) is 27.9 Å². The van der Waals surface area contributed by atoms with Crippen LogP contribution in [0.15, 0.2) is 36.5 Å². The number of nitrogens with zero attached hydrogens (tertiary/aromatic N) is 3. The fraction of sp³-hybridized carbons (Fsp3) is 0.538. The smallest absolute Gasteiger partial charge is 0.225 e. The van der Waals surface area contributed by atoms with Crippen molar-refractivity contribution in [2.45, 2.75) is 50.7 Å². The van der Waals surface area contributed by atoms with Crippen LogP contribution >= 0.6 is 23.2 Å². The van der Waals surface area contributed by atoms with Gasteiger partial charge in [0.05, 0.1) is 22.1 Å². The van der Waals surface area contributed by atoms with E-state index in [0.717, 1.165) is 69.0 Å². The van der Waals surface area contributed by atoms with Crippen LogP contribution in [0.3, 0.4) is 0 Å². The number of nitrogens with one attached hydrogen (secondary N) is 1. The van der Waals surface area contributed by atoms with Crippen molar-refractivity contribution >= 4 is 34.9 Å². The largest absolute Gasteiger partial charge is 0.489 e. The fourth-order valence-electron chi connectivity index (χ4n) is 4.91. The summed E-state index contributed by atoms with van der Waals surface area (Å²) in [6.45, 7) is 4.55. The van der Waals surface area contributed by atoms with Gasteiger partial charge in [0.1, 0.15) is 11.6 Å². The molecule has 2 aliphatic heterocycles. The predicted octanol–water partition coefficient (Wildman–Crippen LogP) is 4.58. The Morgan fingerprint density at radius 3 is 2.65 bits per heavy atom. The number of hydrogen-bond donors (Lipinski definition) is 1. The molecule has 8 heteroatoms. The molecule has 3 fully saturated rings. The van der Waals surface area contributed by atoms with Crippen LogP contribution in [0.5, 0.6) is 5.75 Å². The molecular formula is C26H32Cl2N4O2. The number of hydrogen-bond acceptors (Lipinski definition) is 5. The number of benzene rings is 1. The number of carbonyl (C=O) groups excluding carboxylic acids is 1. The molecule has 34 heavy (non-hydrogen) atoms. The highest BCUT2D eigenvalue weighted by atomic mass is 35.5. The van der Waals surface area contributed by atoms with Crippen molar-refractivity contribution in [1.82, 2.24) is 15.2 Å². The van der Waals surface area contributed by atoms with Gasteiger partial charge in [-0.1, -0.05) is 29.3 Å². The maximum absolute atomic E-state index is 13.3. The summed E-state index contributed by atoms with van der Waals surface area (Å²) in [5.74, 6) is 1.71. The molecule has 5 rings (SSSR count). The summed E-state index contributed by atoms with van der Waals surface area (Å²) in [5, 5.41) is 4.64. The van der Waals surface area contributed by atoms with Crippen molar-refractivity contribution < 1.29 is 9.53 Å². The molecule has 1 amide bonds. The quantitative estimate of drug-likeness (QED) is 0.543. The average molecular weight is 503 g/mol. The second-order valence-corrected chi connectivity index (χ2v) is 10.6. The second kappa shape index (κ2) is 10.7. The monoisotopic (exact) mass is 502 g/mol. The minimum atomic E-state index is -0.0449. The summed E-state index contributed by atoms with van der Waals surface area (Å²) in [5.41, 5.74) is 1.12. The summed E-state index contributed by atoms with van der Waals surface area (Å²) >= 11 is 12.5. The first-order valence-electron chi connectivity index (χ1n) is 12.4. The van der Waals surface area contributed by atoms with Crippen molar-refractivity contribution in [2.24, 2.45) is 5.92 Å². The lowest BCUT2D eigenvalue weighted by Gasteiger charge is -2.26. The SMILES string of the molecule is O=C(NC(Cc1ccc(OC2CC2)c(Cl)c1)CN1CCCC1)[C@@H]1CCN(c2ccc(Cl)cn2)C1. The molecule has 3 aliphatic rings. The third kappa shape index (κ3) is 6.15. The molecule has 2 atom stereocenters. The highest BCUT2D eigenvalue weighted by Gasteiger charge is 2.31. The number of rotatable bonds is 9. The maximum atomic E-state index is 13.3. The molecular weight excluding hydrogens is 471 g/mol. The second-order valence-electron chi connectivity index (χ2n) is 9.77. The van der Waals surface area contributed by atoms with Gasteiger partial charge in [-0.3, -0.25) is 4.79 Å². The van der Waals surface area contributed by atoms with Crippen molar-refractivity contribution in [3.05, 3.63) is 52.1 Å². The van der Waals surface area contributed by atoms with E-state index in [1.807, 2.05) is 24.3 Å². The van der Waals surface area contributed by atoms with Gasteiger partial charge in [-0.25, -0.2) is 4.98 Å². The summed E-state index contributed by atoms with van der Waals surface area (Å²) < 4.78 is 5.88. The van der Waals surface area contributed by atoms with Crippen LogP contribution in [0, 0.1) is 5.92 Å². The Hall–Kier alpha value is -2.02. The van der Waals surface area contributed by atoms with Crippen LogP contribution in [-0.2, 0) is 11.2 Å². The standard InChI is InChI=1S/C26H32Cl2N4O2/c27-20-4-8-25(29-15-20)32-12-9-19(16-32)26(33)30-21(17-31-10-1-2-11-31)13-18-3-7-24(23(28)14-18)34-22-5-6-22/h3-4,7-8,14-15,19,21-22H,1-2,5-6,9-13,16-17H2,(H,30,33)/t19-,21?/m1/s1. The number of carbonyl (C=O) groups is 1. The molecule has 182 valence electrons. The van der Waals surface area contributed by atoms with Gasteiger partial charge in [0.15, 0.2) is 0 Å². The van der Waals surface area contributed by atoms with Gasteiger partial charge in [-0.05, 0) is 81.4 Å². The minimum absolute atomic E-state index is 0.0413. The lowest BCUT2D eigenvalue weighted by Crippen LogP contribution is -2.46.